The minimum Gasteiger partial charge on any atom is -0.390 e. The molecule has 0 radical (unpaired) electrons. The Kier molecular flexibility index (Phi) is 17.0. The summed E-state index contributed by atoms with van der Waals surface area (Å²) >= 11 is 0. The average Bonchev–Trinajstić information content (AvgIpc) is 3.00. The smallest absolute Gasteiger partial charge is 0.186 e. The highest BCUT2D eigenvalue weighted by atomic mass is 32.2. The molecule has 3 aliphatic rings. The van der Waals surface area contributed by atoms with Crippen molar-refractivity contribution in [1.82, 2.24) is 0 Å². The van der Waals surface area contributed by atoms with E-state index in [1.54, 1.807) is 0 Å². The van der Waals surface area contributed by atoms with Gasteiger partial charge in [0.2, 0.25) is 0 Å². The molecule has 0 bridgehead atoms. The molecule has 45 heavy (non-hydrogen) atoms. The Hall–Kier alpha value is -0.370. The first-order chi connectivity index (χ1) is 21.5. The van der Waals surface area contributed by atoms with Crippen molar-refractivity contribution >= 4 is 10.8 Å². The van der Waals surface area contributed by atoms with Crippen LogP contribution in [0.3, 0.4) is 0 Å². The second-order valence-electron chi connectivity index (χ2n) is 13.1. The molecule has 15 heteroatoms. The SMILES string of the molecule is CCCCCCCCCCCCS(=O)C[C@H]1O[C@H](O[C@@H]2[C@@H](O)[C@H](O[C@H]3O[C@H](CN)[C@@H](O)C[C@H]3N)[C@@H](N)C[C@H]2N)[C@H](O)[C@@H](N)[C@@H]1O. The number of hydrogen-bond acceptors (Lipinski definition) is 14. The van der Waals surface area contributed by atoms with E-state index in [1.807, 2.05) is 0 Å². The molecule has 14 N–H and O–H groups in total. The van der Waals surface area contributed by atoms with Crippen LogP contribution in [0, 0.1) is 0 Å². The van der Waals surface area contributed by atoms with Gasteiger partial charge in [-0.3, -0.25) is 4.21 Å². The third kappa shape index (κ3) is 11.3. The summed E-state index contributed by atoms with van der Waals surface area (Å²) < 4.78 is 36.5. The van der Waals surface area contributed by atoms with E-state index in [2.05, 4.69) is 6.92 Å². The van der Waals surface area contributed by atoms with Crippen molar-refractivity contribution < 1.29 is 43.6 Å². The van der Waals surface area contributed by atoms with Crippen molar-refractivity contribution in [2.75, 3.05) is 18.1 Å². The molecule has 15 atom stereocenters. The molecule has 3 rings (SSSR count). The largest absolute Gasteiger partial charge is 0.390 e. The van der Waals surface area contributed by atoms with Crippen LogP contribution in [0.5, 0.6) is 0 Å². The molecule has 2 aliphatic heterocycles. The van der Waals surface area contributed by atoms with E-state index in [9.17, 15) is 24.6 Å². The number of hydrogen-bond donors (Lipinski definition) is 9. The number of aliphatic hydroxyl groups is 4. The molecule has 0 spiro atoms. The molecule has 0 aromatic carbocycles. The van der Waals surface area contributed by atoms with Crippen molar-refractivity contribution in [3.8, 4) is 0 Å². The standard InChI is InChI=1S/C30H61N5O9S/c1-2-3-4-5-6-7-8-9-10-11-12-45(40)16-22-24(37)23(35)25(38)30(42-22)44-28-18(33)13-17(32)27(26(28)39)43-29-19(34)14-20(36)21(15-31)41-29/h17-30,36-39H,2-16,31-35H2,1H3/t17-,18+,19+,20-,21+,22+,23-,24+,25+,26-,27+,28-,29+,30+,45?/m0/s1. The van der Waals surface area contributed by atoms with Crippen LogP contribution in [0.4, 0.5) is 0 Å². The molecule has 14 nitrogen and oxygen atoms in total. The fourth-order valence-electron chi connectivity index (χ4n) is 6.43. The van der Waals surface area contributed by atoms with Crippen molar-refractivity contribution in [3.63, 3.8) is 0 Å². The van der Waals surface area contributed by atoms with E-state index < -0.39 is 96.4 Å². The molecule has 1 unspecified atom stereocenters. The summed E-state index contributed by atoms with van der Waals surface area (Å²) in [5, 5.41) is 42.9. The summed E-state index contributed by atoms with van der Waals surface area (Å²) in [4.78, 5) is 0. The first-order valence-electron chi connectivity index (χ1n) is 16.9. The van der Waals surface area contributed by atoms with Crippen molar-refractivity contribution in [3.05, 3.63) is 0 Å². The van der Waals surface area contributed by atoms with Crippen molar-refractivity contribution in [2.45, 2.75) is 170 Å². The van der Waals surface area contributed by atoms with Crippen LogP contribution in [0.15, 0.2) is 0 Å². The zero-order chi connectivity index (χ0) is 33.1. The number of ether oxygens (including phenoxy) is 4. The number of unbranched alkanes of at least 4 members (excludes halogenated alkanes) is 9. The molecule has 0 aromatic rings. The van der Waals surface area contributed by atoms with Crippen molar-refractivity contribution in [1.29, 1.82) is 0 Å². The van der Waals surface area contributed by atoms with Gasteiger partial charge in [0.25, 0.3) is 0 Å². The van der Waals surface area contributed by atoms with Gasteiger partial charge in [0.05, 0.1) is 42.3 Å². The van der Waals surface area contributed by atoms with Crippen molar-refractivity contribution in [2.24, 2.45) is 28.7 Å². The predicted octanol–water partition coefficient (Wildman–Crippen LogP) is -1.62. The fraction of sp³-hybridized carbons (Fsp3) is 1.00. The lowest BCUT2D eigenvalue weighted by Crippen LogP contribution is -2.68. The third-order valence-corrected chi connectivity index (χ3v) is 10.8. The van der Waals surface area contributed by atoms with Gasteiger partial charge in [-0.05, 0) is 19.3 Å². The summed E-state index contributed by atoms with van der Waals surface area (Å²) in [6.07, 6.45) is 1.12. The van der Waals surface area contributed by atoms with Crippen LogP contribution in [0.1, 0.15) is 84.0 Å². The Morgan fingerprint density at radius 1 is 0.689 bits per heavy atom. The minimum absolute atomic E-state index is 0.0276. The van der Waals surface area contributed by atoms with Gasteiger partial charge in [0, 0.05) is 35.2 Å². The third-order valence-electron chi connectivity index (χ3n) is 9.31. The molecular formula is C30H61N5O9S. The van der Waals surface area contributed by atoms with Gasteiger partial charge < -0.3 is 68.0 Å². The van der Waals surface area contributed by atoms with E-state index in [4.69, 9.17) is 47.6 Å². The van der Waals surface area contributed by atoms with Crippen LogP contribution in [0.2, 0.25) is 0 Å². The van der Waals surface area contributed by atoms with Gasteiger partial charge in [-0.25, -0.2) is 0 Å². The van der Waals surface area contributed by atoms with Gasteiger partial charge in [-0.1, -0.05) is 64.7 Å². The topological polar surface area (TPSA) is 265 Å². The van der Waals surface area contributed by atoms with E-state index in [-0.39, 0.29) is 25.1 Å². The molecular weight excluding hydrogens is 606 g/mol. The monoisotopic (exact) mass is 667 g/mol. The maximum absolute atomic E-state index is 12.9. The zero-order valence-electron chi connectivity index (χ0n) is 26.8. The van der Waals surface area contributed by atoms with Crippen LogP contribution in [-0.2, 0) is 29.7 Å². The number of aliphatic hydroxyl groups excluding tert-OH is 4. The Morgan fingerprint density at radius 3 is 1.80 bits per heavy atom. The summed E-state index contributed by atoms with van der Waals surface area (Å²) in [5.74, 6) is 0.503. The maximum atomic E-state index is 12.9. The zero-order valence-corrected chi connectivity index (χ0v) is 27.6. The molecule has 0 aromatic heterocycles. The number of nitrogens with two attached hydrogens (primary N) is 5. The molecule has 1 aliphatic carbocycles. The lowest BCUT2D eigenvalue weighted by Gasteiger charge is -2.48. The molecule has 2 heterocycles. The Balaban J connectivity index is 1.51. The van der Waals surface area contributed by atoms with Crippen LogP contribution in [-0.4, -0.2) is 128 Å². The normalized spacial score (nSPS) is 41.6. The van der Waals surface area contributed by atoms with Gasteiger partial charge >= 0.3 is 0 Å². The molecule has 266 valence electrons. The fourth-order valence-corrected chi connectivity index (χ4v) is 7.77. The Morgan fingerprint density at radius 2 is 1.22 bits per heavy atom. The van der Waals surface area contributed by atoms with Gasteiger partial charge in [0.15, 0.2) is 12.6 Å². The first kappa shape index (κ1) is 39.1. The Labute approximate surface area is 270 Å². The highest BCUT2D eigenvalue weighted by molar-refractivity contribution is 7.85. The van der Waals surface area contributed by atoms with Crippen LogP contribution in [0.25, 0.3) is 0 Å². The molecule has 2 saturated heterocycles. The lowest BCUT2D eigenvalue weighted by molar-refractivity contribution is -0.310. The minimum atomic E-state index is -1.44. The maximum Gasteiger partial charge on any atom is 0.186 e. The van der Waals surface area contributed by atoms with E-state index >= 15 is 0 Å². The van der Waals surface area contributed by atoms with Gasteiger partial charge in [-0.2, -0.15) is 0 Å². The van der Waals surface area contributed by atoms with E-state index in [0.717, 1.165) is 19.3 Å². The second kappa shape index (κ2) is 19.6. The quantitative estimate of drug-likeness (QED) is 0.0744. The number of rotatable bonds is 18. The summed E-state index contributed by atoms with van der Waals surface area (Å²) in [6, 6.07) is -3.28. The lowest BCUT2D eigenvalue weighted by atomic mass is 9.84. The second-order valence-corrected chi connectivity index (χ2v) is 14.7. The highest BCUT2D eigenvalue weighted by Gasteiger charge is 2.50. The summed E-state index contributed by atoms with van der Waals surface area (Å²) in [6.45, 7) is 2.27. The molecule has 3 fully saturated rings. The van der Waals surface area contributed by atoms with Crippen LogP contribution >= 0.6 is 0 Å². The van der Waals surface area contributed by atoms with E-state index in [1.165, 1.54) is 44.9 Å². The average molecular weight is 668 g/mol. The van der Waals surface area contributed by atoms with Gasteiger partial charge in [0.1, 0.15) is 24.4 Å². The van der Waals surface area contributed by atoms with Gasteiger partial charge in [-0.15, -0.1) is 0 Å². The molecule has 0 amide bonds. The molecule has 1 saturated carbocycles. The van der Waals surface area contributed by atoms with Crippen LogP contribution < -0.4 is 28.7 Å². The predicted molar refractivity (Wildman–Crippen MR) is 171 cm³/mol. The Bertz CT molecular complexity index is 869. The highest BCUT2D eigenvalue weighted by Crippen LogP contribution is 2.31. The first-order valence-corrected chi connectivity index (χ1v) is 18.4. The summed E-state index contributed by atoms with van der Waals surface area (Å²) in [5.41, 5.74) is 30.6. The summed E-state index contributed by atoms with van der Waals surface area (Å²) in [7, 11) is -1.28. The van der Waals surface area contributed by atoms with E-state index in [0.29, 0.717) is 5.75 Å².